The van der Waals surface area contributed by atoms with Crippen LogP contribution in [0.15, 0.2) is 24.3 Å². The zero-order valence-corrected chi connectivity index (χ0v) is 13.2. The molecule has 1 saturated heterocycles. The molecule has 2 heterocycles. The summed E-state index contributed by atoms with van der Waals surface area (Å²) in [7, 11) is 0. The van der Waals surface area contributed by atoms with Crippen LogP contribution in [0.3, 0.4) is 0 Å². The van der Waals surface area contributed by atoms with Gasteiger partial charge in [0.15, 0.2) is 0 Å². The molecule has 0 aromatic heterocycles. The Morgan fingerprint density at radius 1 is 1.24 bits per heavy atom. The van der Waals surface area contributed by atoms with Gasteiger partial charge in [0.2, 0.25) is 5.91 Å². The Balaban J connectivity index is 1.51. The summed E-state index contributed by atoms with van der Waals surface area (Å²) in [6, 6.07) is 8.10. The van der Waals surface area contributed by atoms with Gasteiger partial charge in [-0.1, -0.05) is 18.2 Å². The minimum atomic E-state index is 0.190. The minimum absolute atomic E-state index is 0.190. The maximum absolute atomic E-state index is 12.2. The maximum atomic E-state index is 12.2. The molecule has 1 fully saturated rings. The number of hydrogen-bond donors (Lipinski definition) is 1. The molecule has 4 heteroatoms. The summed E-state index contributed by atoms with van der Waals surface area (Å²) < 4.78 is 5.66. The van der Waals surface area contributed by atoms with Crippen molar-refractivity contribution in [2.75, 3.05) is 24.7 Å². The number of ether oxygens (including phenoxy) is 1. The maximum Gasteiger partial charge on any atom is 0.220 e. The standard InChI is InChI=1S/C17H23NO2S/c19-17(18-12-13-6-9-21-10-7-13)11-14-5-8-20-16-4-2-1-3-15(14)16/h1-4,13-14H,5-12H2,(H,18,19)/t14-/m0/s1. The summed E-state index contributed by atoms with van der Waals surface area (Å²) in [5.74, 6) is 4.61. The van der Waals surface area contributed by atoms with Gasteiger partial charge < -0.3 is 10.1 Å². The van der Waals surface area contributed by atoms with Crippen LogP contribution in [0.4, 0.5) is 0 Å². The summed E-state index contributed by atoms with van der Waals surface area (Å²) in [4.78, 5) is 12.2. The molecule has 0 spiro atoms. The quantitative estimate of drug-likeness (QED) is 0.928. The third-order valence-corrected chi connectivity index (χ3v) is 5.49. The van der Waals surface area contributed by atoms with Crippen LogP contribution in [0.1, 0.15) is 37.2 Å². The Bertz CT molecular complexity index is 485. The molecule has 1 aromatic carbocycles. The van der Waals surface area contributed by atoms with E-state index in [1.165, 1.54) is 29.9 Å². The van der Waals surface area contributed by atoms with Crippen molar-refractivity contribution in [2.45, 2.75) is 31.6 Å². The molecule has 1 amide bonds. The highest BCUT2D eigenvalue weighted by molar-refractivity contribution is 7.99. The van der Waals surface area contributed by atoms with Gasteiger partial charge in [0.25, 0.3) is 0 Å². The Morgan fingerprint density at radius 3 is 2.90 bits per heavy atom. The van der Waals surface area contributed by atoms with Gasteiger partial charge in [-0.05, 0) is 54.2 Å². The normalized spacial score (nSPS) is 22.2. The highest BCUT2D eigenvalue weighted by Crippen LogP contribution is 2.35. The SMILES string of the molecule is O=C(C[C@@H]1CCOc2ccccc21)NCC1CCSCC1. The summed E-state index contributed by atoms with van der Waals surface area (Å²) in [5, 5.41) is 3.14. The van der Waals surface area contributed by atoms with Crippen molar-refractivity contribution in [3.05, 3.63) is 29.8 Å². The number of para-hydroxylation sites is 1. The van der Waals surface area contributed by atoms with E-state index in [0.29, 0.717) is 18.3 Å². The van der Waals surface area contributed by atoms with Gasteiger partial charge in [0, 0.05) is 13.0 Å². The summed E-state index contributed by atoms with van der Waals surface area (Å²) in [5.41, 5.74) is 1.19. The van der Waals surface area contributed by atoms with Gasteiger partial charge in [-0.2, -0.15) is 11.8 Å². The molecule has 0 radical (unpaired) electrons. The number of nitrogens with one attached hydrogen (secondary N) is 1. The first-order valence-corrected chi connectivity index (χ1v) is 9.04. The molecule has 2 aliphatic rings. The zero-order chi connectivity index (χ0) is 14.5. The Morgan fingerprint density at radius 2 is 2.05 bits per heavy atom. The van der Waals surface area contributed by atoms with Crippen LogP contribution in [0.2, 0.25) is 0 Å². The van der Waals surface area contributed by atoms with Crippen LogP contribution in [0.25, 0.3) is 0 Å². The molecule has 1 aromatic rings. The summed E-state index contributed by atoms with van der Waals surface area (Å²) in [6.07, 6.45) is 4.00. The Kier molecular flexibility index (Phi) is 5.07. The molecule has 1 N–H and O–H groups in total. The van der Waals surface area contributed by atoms with E-state index in [1.807, 2.05) is 30.0 Å². The molecule has 3 rings (SSSR count). The molecule has 0 bridgehead atoms. The second kappa shape index (κ2) is 7.21. The first-order valence-electron chi connectivity index (χ1n) is 7.89. The number of carbonyl (C=O) groups excluding carboxylic acids is 1. The number of amides is 1. The van der Waals surface area contributed by atoms with Crippen molar-refractivity contribution in [3.63, 3.8) is 0 Å². The van der Waals surface area contributed by atoms with E-state index in [1.54, 1.807) is 0 Å². The number of carbonyl (C=O) groups is 1. The molecule has 2 aliphatic heterocycles. The van der Waals surface area contributed by atoms with E-state index in [4.69, 9.17) is 4.74 Å². The van der Waals surface area contributed by atoms with E-state index in [-0.39, 0.29) is 5.91 Å². The predicted octanol–water partition coefficient (Wildman–Crippen LogP) is 3.20. The van der Waals surface area contributed by atoms with Gasteiger partial charge in [-0.25, -0.2) is 0 Å². The van der Waals surface area contributed by atoms with E-state index in [0.717, 1.165) is 25.3 Å². The third-order valence-electron chi connectivity index (χ3n) is 4.44. The van der Waals surface area contributed by atoms with E-state index >= 15 is 0 Å². The van der Waals surface area contributed by atoms with Crippen LogP contribution in [-0.4, -0.2) is 30.6 Å². The lowest BCUT2D eigenvalue weighted by Crippen LogP contribution is -2.32. The molecule has 1 atom stereocenters. The minimum Gasteiger partial charge on any atom is -0.493 e. The molecule has 0 aliphatic carbocycles. The molecule has 3 nitrogen and oxygen atoms in total. The van der Waals surface area contributed by atoms with Crippen LogP contribution in [0.5, 0.6) is 5.75 Å². The molecular formula is C17H23NO2S. The van der Waals surface area contributed by atoms with Crippen LogP contribution in [0, 0.1) is 5.92 Å². The first-order chi connectivity index (χ1) is 10.3. The monoisotopic (exact) mass is 305 g/mol. The van der Waals surface area contributed by atoms with E-state index < -0.39 is 0 Å². The average Bonchev–Trinajstić information content (AvgIpc) is 2.54. The molecule has 0 unspecified atom stereocenters. The molecule has 21 heavy (non-hydrogen) atoms. The van der Waals surface area contributed by atoms with Crippen LogP contribution < -0.4 is 10.1 Å². The number of thioether (sulfide) groups is 1. The predicted molar refractivity (Wildman–Crippen MR) is 87.0 cm³/mol. The van der Waals surface area contributed by atoms with Gasteiger partial charge in [0.1, 0.15) is 5.75 Å². The Labute approximate surface area is 130 Å². The van der Waals surface area contributed by atoms with E-state index in [2.05, 4.69) is 11.4 Å². The fraction of sp³-hybridized carbons (Fsp3) is 0.588. The lowest BCUT2D eigenvalue weighted by Gasteiger charge is -2.26. The fourth-order valence-corrected chi connectivity index (χ4v) is 4.34. The van der Waals surface area contributed by atoms with Gasteiger partial charge in [0.05, 0.1) is 6.61 Å². The summed E-state index contributed by atoms with van der Waals surface area (Å²) >= 11 is 2.03. The van der Waals surface area contributed by atoms with Crippen LogP contribution in [-0.2, 0) is 4.79 Å². The zero-order valence-electron chi connectivity index (χ0n) is 12.3. The third kappa shape index (κ3) is 3.94. The Hall–Kier alpha value is -1.16. The van der Waals surface area contributed by atoms with Crippen molar-refractivity contribution < 1.29 is 9.53 Å². The topological polar surface area (TPSA) is 38.3 Å². The number of fused-ring (bicyclic) bond motifs is 1. The lowest BCUT2D eigenvalue weighted by molar-refractivity contribution is -0.121. The number of hydrogen-bond acceptors (Lipinski definition) is 3. The second-order valence-corrected chi connectivity index (χ2v) is 7.16. The van der Waals surface area contributed by atoms with Crippen LogP contribution >= 0.6 is 11.8 Å². The molecule has 114 valence electrons. The highest BCUT2D eigenvalue weighted by Gasteiger charge is 2.23. The van der Waals surface area contributed by atoms with Crippen molar-refractivity contribution in [2.24, 2.45) is 5.92 Å². The fourth-order valence-electron chi connectivity index (χ4n) is 3.13. The summed E-state index contributed by atoms with van der Waals surface area (Å²) in [6.45, 7) is 1.57. The van der Waals surface area contributed by atoms with E-state index in [9.17, 15) is 4.79 Å². The first kappa shape index (κ1) is 14.8. The second-order valence-electron chi connectivity index (χ2n) is 5.94. The highest BCUT2D eigenvalue weighted by atomic mass is 32.2. The van der Waals surface area contributed by atoms with Gasteiger partial charge in [-0.15, -0.1) is 0 Å². The van der Waals surface area contributed by atoms with Crippen molar-refractivity contribution in [1.82, 2.24) is 5.32 Å². The average molecular weight is 305 g/mol. The largest absolute Gasteiger partial charge is 0.493 e. The number of benzene rings is 1. The van der Waals surface area contributed by atoms with Gasteiger partial charge >= 0.3 is 0 Å². The van der Waals surface area contributed by atoms with Crippen molar-refractivity contribution in [3.8, 4) is 5.75 Å². The molecule has 0 saturated carbocycles. The van der Waals surface area contributed by atoms with Crippen molar-refractivity contribution >= 4 is 17.7 Å². The molecular weight excluding hydrogens is 282 g/mol. The smallest absolute Gasteiger partial charge is 0.220 e. The van der Waals surface area contributed by atoms with Crippen molar-refractivity contribution in [1.29, 1.82) is 0 Å². The lowest BCUT2D eigenvalue weighted by atomic mass is 9.90. The number of rotatable bonds is 4. The van der Waals surface area contributed by atoms with Gasteiger partial charge in [-0.3, -0.25) is 4.79 Å².